The second kappa shape index (κ2) is 7.82. The second-order valence-electron chi connectivity index (χ2n) is 6.59. The van der Waals surface area contributed by atoms with Crippen LogP contribution in [0.15, 0.2) is 54.6 Å². The van der Waals surface area contributed by atoms with Gasteiger partial charge in [0.05, 0.1) is 7.11 Å². The highest BCUT2D eigenvalue weighted by Gasteiger charge is 2.14. The number of ether oxygens (including phenoxy) is 2. The van der Waals surface area contributed by atoms with Crippen molar-refractivity contribution in [2.45, 2.75) is 32.8 Å². The number of hydrogen-bond acceptors (Lipinski definition) is 3. The van der Waals surface area contributed by atoms with Gasteiger partial charge in [0.1, 0.15) is 11.4 Å². The van der Waals surface area contributed by atoms with Gasteiger partial charge in [-0.2, -0.15) is 0 Å². The summed E-state index contributed by atoms with van der Waals surface area (Å²) in [5, 5.41) is 0. The maximum atomic E-state index is 11.8. The van der Waals surface area contributed by atoms with Crippen molar-refractivity contribution in [1.82, 2.24) is 0 Å². The molecule has 0 aromatic heterocycles. The Labute approximate surface area is 143 Å². The number of hydrogen-bond donors (Lipinski definition) is 0. The van der Waals surface area contributed by atoms with Crippen LogP contribution in [0.4, 0.5) is 0 Å². The van der Waals surface area contributed by atoms with Crippen LogP contribution in [0.1, 0.15) is 37.5 Å². The van der Waals surface area contributed by atoms with Gasteiger partial charge in [-0.3, -0.25) is 0 Å². The summed E-state index contributed by atoms with van der Waals surface area (Å²) in [5.74, 6) is 0.513. The number of methoxy groups -OCH3 is 1. The van der Waals surface area contributed by atoms with Crippen LogP contribution in [0.25, 0.3) is 6.08 Å². The number of rotatable bonds is 5. The molecular weight excluding hydrogens is 300 g/mol. The molecule has 3 nitrogen and oxygen atoms in total. The molecule has 0 spiro atoms. The Morgan fingerprint density at radius 3 is 2.33 bits per heavy atom. The molecule has 126 valence electrons. The van der Waals surface area contributed by atoms with E-state index in [-0.39, 0.29) is 5.97 Å². The van der Waals surface area contributed by atoms with E-state index in [1.807, 2.05) is 69.3 Å². The number of carbonyl (C=O) groups excluding carboxylic acids is 1. The van der Waals surface area contributed by atoms with Crippen molar-refractivity contribution in [3.63, 3.8) is 0 Å². The summed E-state index contributed by atoms with van der Waals surface area (Å²) in [6.07, 6.45) is 4.09. The van der Waals surface area contributed by atoms with E-state index in [1.54, 1.807) is 7.11 Å². The van der Waals surface area contributed by atoms with Crippen LogP contribution in [0.5, 0.6) is 5.75 Å². The van der Waals surface area contributed by atoms with Gasteiger partial charge < -0.3 is 9.47 Å². The molecule has 0 unspecified atom stereocenters. The lowest BCUT2D eigenvalue weighted by atomic mass is 9.99. The smallest absolute Gasteiger partial charge is 0.331 e. The van der Waals surface area contributed by atoms with Crippen molar-refractivity contribution < 1.29 is 14.3 Å². The molecule has 0 aliphatic carbocycles. The third kappa shape index (κ3) is 5.58. The Hall–Kier alpha value is -2.55. The van der Waals surface area contributed by atoms with Gasteiger partial charge in [-0.15, -0.1) is 0 Å². The van der Waals surface area contributed by atoms with Gasteiger partial charge in [-0.1, -0.05) is 36.4 Å². The minimum Gasteiger partial charge on any atom is -0.497 e. The summed E-state index contributed by atoms with van der Waals surface area (Å²) < 4.78 is 10.5. The quantitative estimate of drug-likeness (QED) is 0.593. The molecule has 0 atom stereocenters. The first-order valence-electron chi connectivity index (χ1n) is 7.99. The molecule has 0 amide bonds. The van der Waals surface area contributed by atoms with E-state index in [9.17, 15) is 4.79 Å². The van der Waals surface area contributed by atoms with Crippen LogP contribution in [-0.2, 0) is 16.0 Å². The number of carbonyl (C=O) groups is 1. The molecule has 0 aliphatic heterocycles. The van der Waals surface area contributed by atoms with E-state index in [4.69, 9.17) is 9.47 Å². The van der Waals surface area contributed by atoms with E-state index < -0.39 is 5.60 Å². The van der Waals surface area contributed by atoms with Crippen LogP contribution in [-0.4, -0.2) is 18.7 Å². The molecule has 0 saturated carbocycles. The number of benzene rings is 2. The fourth-order valence-electron chi connectivity index (χ4n) is 2.31. The fourth-order valence-corrected chi connectivity index (χ4v) is 2.31. The van der Waals surface area contributed by atoms with Gasteiger partial charge in [0, 0.05) is 6.08 Å². The summed E-state index contributed by atoms with van der Waals surface area (Å²) in [6, 6.07) is 16.0. The van der Waals surface area contributed by atoms with Crippen molar-refractivity contribution in [3.05, 3.63) is 71.3 Å². The summed E-state index contributed by atoms with van der Waals surface area (Å²) in [5.41, 5.74) is 2.87. The molecule has 0 fully saturated rings. The first-order chi connectivity index (χ1) is 11.4. The topological polar surface area (TPSA) is 35.5 Å². The van der Waals surface area contributed by atoms with Crippen LogP contribution in [0.2, 0.25) is 0 Å². The highest BCUT2D eigenvalue weighted by Crippen LogP contribution is 2.18. The van der Waals surface area contributed by atoms with Crippen molar-refractivity contribution in [3.8, 4) is 5.75 Å². The maximum Gasteiger partial charge on any atom is 0.331 e. The van der Waals surface area contributed by atoms with Gasteiger partial charge in [0.25, 0.3) is 0 Å². The van der Waals surface area contributed by atoms with E-state index in [1.165, 1.54) is 11.6 Å². The largest absolute Gasteiger partial charge is 0.497 e. The van der Waals surface area contributed by atoms with Crippen LogP contribution < -0.4 is 4.74 Å². The lowest BCUT2D eigenvalue weighted by Gasteiger charge is -2.18. The fraction of sp³-hybridized carbons (Fsp3) is 0.286. The molecule has 2 aromatic rings. The zero-order chi connectivity index (χ0) is 17.6. The predicted octanol–water partition coefficient (Wildman–Crippen LogP) is 4.64. The zero-order valence-electron chi connectivity index (χ0n) is 14.7. The van der Waals surface area contributed by atoms with Crippen molar-refractivity contribution in [2.75, 3.05) is 7.11 Å². The van der Waals surface area contributed by atoms with Gasteiger partial charge in [-0.05, 0) is 62.1 Å². The zero-order valence-corrected chi connectivity index (χ0v) is 14.7. The van der Waals surface area contributed by atoms with Crippen LogP contribution in [0, 0.1) is 0 Å². The average molecular weight is 324 g/mol. The van der Waals surface area contributed by atoms with Gasteiger partial charge in [0.15, 0.2) is 0 Å². The molecule has 0 bridgehead atoms. The first-order valence-corrected chi connectivity index (χ1v) is 7.99. The molecule has 2 rings (SSSR count). The summed E-state index contributed by atoms with van der Waals surface area (Å²) in [7, 11) is 1.66. The van der Waals surface area contributed by atoms with Gasteiger partial charge in [0.2, 0.25) is 0 Å². The standard InChI is InChI=1S/C21H24O3/c1-21(2,3)24-20(22)14-11-17-7-5-6-8-18(17)15-16-9-12-19(23-4)13-10-16/h5-14H,15H2,1-4H3/b14-11+. The summed E-state index contributed by atoms with van der Waals surface area (Å²) in [4.78, 5) is 11.8. The molecule has 2 aromatic carbocycles. The Morgan fingerprint density at radius 1 is 1.04 bits per heavy atom. The molecule has 24 heavy (non-hydrogen) atoms. The number of esters is 1. The maximum absolute atomic E-state index is 11.8. The molecule has 0 heterocycles. The monoisotopic (exact) mass is 324 g/mol. The van der Waals surface area contributed by atoms with Crippen LogP contribution in [0.3, 0.4) is 0 Å². The van der Waals surface area contributed by atoms with Gasteiger partial charge >= 0.3 is 5.97 Å². The first kappa shape index (κ1) is 17.8. The van der Waals surface area contributed by atoms with E-state index in [2.05, 4.69) is 6.07 Å². The summed E-state index contributed by atoms with van der Waals surface area (Å²) in [6.45, 7) is 5.57. The average Bonchev–Trinajstić information content (AvgIpc) is 2.53. The Morgan fingerprint density at radius 2 is 1.71 bits per heavy atom. The second-order valence-corrected chi connectivity index (χ2v) is 6.59. The van der Waals surface area contributed by atoms with Gasteiger partial charge in [-0.25, -0.2) is 4.79 Å². The minimum absolute atomic E-state index is 0.332. The minimum atomic E-state index is -0.482. The third-order valence-electron chi connectivity index (χ3n) is 3.41. The molecule has 0 aliphatic rings. The Bertz CT molecular complexity index is 707. The molecule has 0 radical (unpaired) electrons. The highest BCUT2D eigenvalue weighted by atomic mass is 16.6. The summed E-state index contributed by atoms with van der Waals surface area (Å²) >= 11 is 0. The predicted molar refractivity (Wildman–Crippen MR) is 97.1 cm³/mol. The molecular formula is C21H24O3. The molecule has 0 N–H and O–H groups in total. The highest BCUT2D eigenvalue weighted by molar-refractivity contribution is 5.87. The lowest BCUT2D eigenvalue weighted by molar-refractivity contribution is -0.148. The normalized spacial score (nSPS) is 11.5. The molecule has 0 saturated heterocycles. The Balaban J connectivity index is 2.13. The Kier molecular flexibility index (Phi) is 5.80. The van der Waals surface area contributed by atoms with Crippen molar-refractivity contribution >= 4 is 12.0 Å². The van der Waals surface area contributed by atoms with E-state index in [0.717, 1.165) is 23.3 Å². The third-order valence-corrected chi connectivity index (χ3v) is 3.41. The lowest BCUT2D eigenvalue weighted by Crippen LogP contribution is -2.22. The SMILES string of the molecule is COc1ccc(Cc2ccccc2/C=C/C(=O)OC(C)(C)C)cc1. The van der Waals surface area contributed by atoms with Crippen molar-refractivity contribution in [1.29, 1.82) is 0 Å². The van der Waals surface area contributed by atoms with Crippen molar-refractivity contribution in [2.24, 2.45) is 0 Å². The molecule has 3 heteroatoms. The van der Waals surface area contributed by atoms with E-state index >= 15 is 0 Å². The van der Waals surface area contributed by atoms with Crippen LogP contribution >= 0.6 is 0 Å². The van der Waals surface area contributed by atoms with E-state index in [0.29, 0.717) is 0 Å².